The first-order chi connectivity index (χ1) is 8.04. The zero-order valence-electron chi connectivity index (χ0n) is 11.1. The zero-order valence-corrected chi connectivity index (χ0v) is 11.1. The van der Waals surface area contributed by atoms with Crippen molar-refractivity contribution in [3.05, 3.63) is 29.8 Å². The van der Waals surface area contributed by atoms with Crippen LogP contribution in [0.15, 0.2) is 24.3 Å². The molecule has 1 aromatic carbocycles. The number of hydrogen-bond donors (Lipinski definition) is 1. The first-order valence-corrected chi connectivity index (χ1v) is 6.50. The SMILES string of the molecule is CN(C)[C@@H]1CCCC[C@]1(C)c1cccc(O)c1. The van der Waals surface area contributed by atoms with Crippen LogP contribution < -0.4 is 0 Å². The summed E-state index contributed by atoms with van der Waals surface area (Å²) < 4.78 is 0. The van der Waals surface area contributed by atoms with Crippen LogP contribution in [0.5, 0.6) is 5.75 Å². The van der Waals surface area contributed by atoms with Crippen LogP contribution in [0.2, 0.25) is 0 Å². The van der Waals surface area contributed by atoms with E-state index < -0.39 is 0 Å². The molecule has 2 nitrogen and oxygen atoms in total. The molecule has 0 unspecified atom stereocenters. The van der Waals surface area contributed by atoms with Crippen LogP contribution in [0.3, 0.4) is 0 Å². The molecule has 0 aromatic heterocycles. The van der Waals surface area contributed by atoms with Crippen LogP contribution in [-0.2, 0) is 5.41 Å². The van der Waals surface area contributed by atoms with Gasteiger partial charge in [0.25, 0.3) is 0 Å². The second-order valence-electron chi connectivity index (χ2n) is 5.69. The fourth-order valence-electron chi connectivity index (χ4n) is 3.34. The van der Waals surface area contributed by atoms with E-state index in [9.17, 15) is 5.11 Å². The van der Waals surface area contributed by atoms with Gasteiger partial charge in [-0.25, -0.2) is 0 Å². The van der Waals surface area contributed by atoms with Gasteiger partial charge in [-0.3, -0.25) is 0 Å². The molecule has 1 aliphatic rings. The lowest BCUT2D eigenvalue weighted by Crippen LogP contribution is -2.48. The molecule has 1 aromatic rings. The molecule has 2 atom stereocenters. The Balaban J connectivity index is 2.37. The monoisotopic (exact) mass is 233 g/mol. The normalized spacial score (nSPS) is 29.5. The Bertz CT molecular complexity index is 388. The largest absolute Gasteiger partial charge is 0.508 e. The highest BCUT2D eigenvalue weighted by Gasteiger charge is 2.39. The molecule has 1 fully saturated rings. The minimum absolute atomic E-state index is 0.167. The highest BCUT2D eigenvalue weighted by Crippen LogP contribution is 2.41. The Labute approximate surface area is 104 Å². The summed E-state index contributed by atoms with van der Waals surface area (Å²) in [5.41, 5.74) is 1.44. The quantitative estimate of drug-likeness (QED) is 0.848. The van der Waals surface area contributed by atoms with Crippen molar-refractivity contribution < 1.29 is 5.11 Å². The predicted molar refractivity (Wildman–Crippen MR) is 71.4 cm³/mol. The predicted octanol–water partition coefficient (Wildman–Crippen LogP) is 3.15. The molecule has 0 saturated heterocycles. The molecule has 2 heteroatoms. The van der Waals surface area contributed by atoms with E-state index in [1.807, 2.05) is 12.1 Å². The summed E-state index contributed by atoms with van der Waals surface area (Å²) in [6.45, 7) is 2.34. The van der Waals surface area contributed by atoms with Gasteiger partial charge in [0.15, 0.2) is 0 Å². The Morgan fingerprint density at radius 1 is 1.29 bits per heavy atom. The van der Waals surface area contributed by atoms with Gasteiger partial charge in [-0.05, 0) is 44.6 Å². The molecule has 0 aliphatic heterocycles. The number of nitrogens with zero attached hydrogens (tertiary/aromatic N) is 1. The van der Waals surface area contributed by atoms with Crippen LogP contribution in [-0.4, -0.2) is 30.1 Å². The van der Waals surface area contributed by atoms with Gasteiger partial charge in [0.05, 0.1) is 0 Å². The van der Waals surface area contributed by atoms with Gasteiger partial charge < -0.3 is 10.0 Å². The van der Waals surface area contributed by atoms with Crippen molar-refractivity contribution in [2.75, 3.05) is 14.1 Å². The fraction of sp³-hybridized carbons (Fsp3) is 0.600. The van der Waals surface area contributed by atoms with E-state index in [0.29, 0.717) is 11.8 Å². The first kappa shape index (κ1) is 12.4. The van der Waals surface area contributed by atoms with E-state index in [2.05, 4.69) is 32.0 Å². The number of aromatic hydroxyl groups is 1. The third-order valence-corrected chi connectivity index (χ3v) is 4.29. The van der Waals surface area contributed by atoms with Crippen molar-refractivity contribution in [3.8, 4) is 5.75 Å². The van der Waals surface area contributed by atoms with Gasteiger partial charge in [0.2, 0.25) is 0 Å². The molecular formula is C15H23NO. The Hall–Kier alpha value is -1.02. The molecule has 0 bridgehead atoms. The molecule has 2 rings (SSSR count). The lowest BCUT2D eigenvalue weighted by molar-refractivity contribution is 0.133. The summed E-state index contributed by atoms with van der Waals surface area (Å²) in [6, 6.07) is 8.36. The molecule has 0 amide bonds. The molecule has 17 heavy (non-hydrogen) atoms. The summed E-state index contributed by atoms with van der Waals surface area (Å²) in [6.07, 6.45) is 5.06. The van der Waals surface area contributed by atoms with Crippen molar-refractivity contribution in [3.63, 3.8) is 0 Å². The maximum atomic E-state index is 9.67. The third-order valence-electron chi connectivity index (χ3n) is 4.29. The highest BCUT2D eigenvalue weighted by molar-refractivity contribution is 5.34. The fourth-order valence-corrected chi connectivity index (χ4v) is 3.34. The van der Waals surface area contributed by atoms with E-state index in [1.165, 1.54) is 31.2 Å². The molecular weight excluding hydrogens is 210 g/mol. The molecule has 0 radical (unpaired) electrons. The standard InChI is InChI=1S/C15H23NO/c1-15(12-7-6-8-13(17)11-12)10-5-4-9-14(15)16(2)3/h6-8,11,14,17H,4-5,9-10H2,1-3H3/t14-,15-/m1/s1. The Morgan fingerprint density at radius 3 is 2.71 bits per heavy atom. The Morgan fingerprint density at radius 2 is 2.06 bits per heavy atom. The van der Waals surface area contributed by atoms with Gasteiger partial charge in [-0.2, -0.15) is 0 Å². The summed E-state index contributed by atoms with van der Waals surface area (Å²) in [5, 5.41) is 9.67. The number of rotatable bonds is 2. The number of phenols is 1. The minimum Gasteiger partial charge on any atom is -0.508 e. The van der Waals surface area contributed by atoms with Crippen molar-refractivity contribution in [1.29, 1.82) is 0 Å². The average molecular weight is 233 g/mol. The topological polar surface area (TPSA) is 23.5 Å². The van der Waals surface area contributed by atoms with Gasteiger partial charge in [0, 0.05) is 11.5 Å². The second-order valence-corrected chi connectivity index (χ2v) is 5.69. The first-order valence-electron chi connectivity index (χ1n) is 6.50. The van der Waals surface area contributed by atoms with Crippen LogP contribution in [0, 0.1) is 0 Å². The van der Waals surface area contributed by atoms with Crippen LogP contribution >= 0.6 is 0 Å². The third kappa shape index (κ3) is 2.32. The summed E-state index contributed by atoms with van der Waals surface area (Å²) in [7, 11) is 4.33. The molecule has 1 N–H and O–H groups in total. The summed E-state index contributed by atoms with van der Waals surface area (Å²) in [5.74, 6) is 0.381. The number of benzene rings is 1. The Kier molecular flexibility index (Phi) is 3.43. The van der Waals surface area contributed by atoms with E-state index in [-0.39, 0.29) is 5.41 Å². The maximum absolute atomic E-state index is 9.67. The molecule has 0 heterocycles. The molecule has 94 valence electrons. The van der Waals surface area contributed by atoms with Gasteiger partial charge in [0.1, 0.15) is 5.75 Å². The number of likely N-dealkylation sites (N-methyl/N-ethyl adjacent to an activating group) is 1. The van der Waals surface area contributed by atoms with E-state index >= 15 is 0 Å². The second kappa shape index (κ2) is 4.69. The van der Waals surface area contributed by atoms with Crippen LogP contribution in [0.25, 0.3) is 0 Å². The maximum Gasteiger partial charge on any atom is 0.115 e. The molecule has 1 aliphatic carbocycles. The van der Waals surface area contributed by atoms with E-state index in [0.717, 1.165) is 0 Å². The van der Waals surface area contributed by atoms with Crippen molar-refractivity contribution in [1.82, 2.24) is 4.90 Å². The summed E-state index contributed by atoms with van der Waals surface area (Å²) in [4.78, 5) is 2.34. The molecule has 1 saturated carbocycles. The van der Waals surface area contributed by atoms with Crippen molar-refractivity contribution in [2.45, 2.75) is 44.1 Å². The van der Waals surface area contributed by atoms with Gasteiger partial charge in [-0.1, -0.05) is 31.9 Å². The minimum atomic E-state index is 0.167. The van der Waals surface area contributed by atoms with Crippen LogP contribution in [0.4, 0.5) is 0 Å². The van der Waals surface area contributed by atoms with Gasteiger partial charge >= 0.3 is 0 Å². The van der Waals surface area contributed by atoms with E-state index in [1.54, 1.807) is 6.07 Å². The number of phenolic OH excluding ortho intramolecular Hbond substituents is 1. The van der Waals surface area contributed by atoms with Gasteiger partial charge in [-0.15, -0.1) is 0 Å². The summed E-state index contributed by atoms with van der Waals surface area (Å²) >= 11 is 0. The molecule has 0 spiro atoms. The van der Waals surface area contributed by atoms with Crippen molar-refractivity contribution >= 4 is 0 Å². The lowest BCUT2D eigenvalue weighted by atomic mass is 9.67. The van der Waals surface area contributed by atoms with Crippen LogP contribution in [0.1, 0.15) is 38.2 Å². The smallest absolute Gasteiger partial charge is 0.115 e. The van der Waals surface area contributed by atoms with Crippen molar-refractivity contribution in [2.24, 2.45) is 0 Å². The lowest BCUT2D eigenvalue weighted by Gasteiger charge is -2.45. The van der Waals surface area contributed by atoms with E-state index in [4.69, 9.17) is 0 Å². The zero-order chi connectivity index (χ0) is 12.5. The highest BCUT2D eigenvalue weighted by atomic mass is 16.3. The average Bonchev–Trinajstić information content (AvgIpc) is 2.29. The number of hydrogen-bond acceptors (Lipinski definition) is 2.